The van der Waals surface area contributed by atoms with E-state index in [1.165, 1.54) is 12.3 Å². The van der Waals surface area contributed by atoms with Crippen LogP contribution in [-0.4, -0.2) is 35.7 Å². The van der Waals surface area contributed by atoms with Crippen LogP contribution in [0, 0.1) is 0 Å². The van der Waals surface area contributed by atoms with Crippen molar-refractivity contribution in [2.75, 3.05) is 11.9 Å². The summed E-state index contributed by atoms with van der Waals surface area (Å²) >= 11 is 0. The SMILES string of the molecule is C[C@H](CC(=O)O)NC(=O)c1occc1NC(=O)OCC1c2ccccc2-c2ccccc21. The third kappa shape index (κ3) is 4.34. The van der Waals surface area contributed by atoms with Crippen molar-refractivity contribution in [2.24, 2.45) is 0 Å². The molecule has 3 N–H and O–H groups in total. The lowest BCUT2D eigenvalue weighted by molar-refractivity contribution is -0.137. The largest absolute Gasteiger partial charge is 0.481 e. The minimum absolute atomic E-state index is 0.0860. The lowest BCUT2D eigenvalue weighted by Crippen LogP contribution is -2.34. The molecule has 1 aliphatic rings. The molecule has 3 aromatic rings. The van der Waals surface area contributed by atoms with Crippen LogP contribution in [0.4, 0.5) is 10.5 Å². The van der Waals surface area contributed by atoms with Gasteiger partial charge < -0.3 is 19.6 Å². The summed E-state index contributed by atoms with van der Waals surface area (Å²) in [5.74, 6) is -1.88. The fourth-order valence-corrected chi connectivity index (χ4v) is 3.93. The van der Waals surface area contributed by atoms with Crippen molar-refractivity contribution in [1.82, 2.24) is 5.32 Å². The van der Waals surface area contributed by atoms with E-state index in [1.807, 2.05) is 36.4 Å². The second kappa shape index (κ2) is 8.97. The summed E-state index contributed by atoms with van der Waals surface area (Å²) in [5, 5.41) is 13.9. The molecule has 164 valence electrons. The lowest BCUT2D eigenvalue weighted by Gasteiger charge is -2.15. The number of rotatable bonds is 7. The predicted octanol–water partition coefficient (Wildman–Crippen LogP) is 4.23. The fraction of sp³-hybridized carbons (Fsp3) is 0.208. The normalized spacial score (nSPS) is 13.0. The molecule has 0 radical (unpaired) electrons. The molecule has 32 heavy (non-hydrogen) atoms. The van der Waals surface area contributed by atoms with Gasteiger partial charge in [-0.3, -0.25) is 14.9 Å². The molecule has 1 atom stereocenters. The van der Waals surface area contributed by atoms with Gasteiger partial charge in [0.2, 0.25) is 5.76 Å². The van der Waals surface area contributed by atoms with E-state index in [9.17, 15) is 14.4 Å². The van der Waals surface area contributed by atoms with Gasteiger partial charge in [0.25, 0.3) is 5.91 Å². The maximum atomic E-state index is 12.4. The smallest absolute Gasteiger partial charge is 0.411 e. The molecule has 2 amide bonds. The minimum atomic E-state index is -1.03. The molecule has 0 unspecified atom stereocenters. The Kier molecular flexibility index (Phi) is 5.93. The van der Waals surface area contributed by atoms with Crippen molar-refractivity contribution < 1.29 is 28.6 Å². The van der Waals surface area contributed by atoms with Crippen molar-refractivity contribution in [3.8, 4) is 11.1 Å². The van der Waals surface area contributed by atoms with Crippen molar-refractivity contribution in [2.45, 2.75) is 25.3 Å². The van der Waals surface area contributed by atoms with Gasteiger partial charge in [0.1, 0.15) is 6.61 Å². The summed E-state index contributed by atoms with van der Waals surface area (Å²) in [6.07, 6.45) is 0.304. The second-order valence-electron chi connectivity index (χ2n) is 7.59. The first-order chi connectivity index (χ1) is 15.4. The Morgan fingerprint density at radius 3 is 2.28 bits per heavy atom. The minimum Gasteiger partial charge on any atom is -0.481 e. The predicted molar refractivity (Wildman–Crippen MR) is 117 cm³/mol. The number of nitrogens with one attached hydrogen (secondary N) is 2. The first-order valence-electron chi connectivity index (χ1n) is 10.2. The highest BCUT2D eigenvalue weighted by Gasteiger charge is 2.29. The molecule has 0 fully saturated rings. The molecule has 0 spiro atoms. The number of aliphatic carboxylic acids is 1. The van der Waals surface area contributed by atoms with Gasteiger partial charge in [0, 0.05) is 18.0 Å². The molecule has 0 saturated carbocycles. The number of ether oxygens (including phenoxy) is 1. The highest BCUT2D eigenvalue weighted by molar-refractivity contribution is 6.00. The molecule has 1 aliphatic carbocycles. The first kappa shape index (κ1) is 21.2. The van der Waals surface area contributed by atoms with Crippen LogP contribution in [0.1, 0.15) is 40.9 Å². The van der Waals surface area contributed by atoms with Gasteiger partial charge >= 0.3 is 12.1 Å². The van der Waals surface area contributed by atoms with Gasteiger partial charge in [0.15, 0.2) is 0 Å². The van der Waals surface area contributed by atoms with Crippen LogP contribution in [0.3, 0.4) is 0 Å². The maximum Gasteiger partial charge on any atom is 0.411 e. The molecule has 8 nitrogen and oxygen atoms in total. The van der Waals surface area contributed by atoms with E-state index < -0.39 is 24.0 Å². The van der Waals surface area contributed by atoms with Crippen LogP contribution in [0.25, 0.3) is 11.1 Å². The van der Waals surface area contributed by atoms with E-state index in [0.29, 0.717) is 0 Å². The number of carboxylic acids is 1. The third-order valence-electron chi connectivity index (χ3n) is 5.31. The van der Waals surface area contributed by atoms with Crippen molar-refractivity contribution >= 4 is 23.7 Å². The Morgan fingerprint density at radius 2 is 1.66 bits per heavy atom. The van der Waals surface area contributed by atoms with E-state index in [-0.39, 0.29) is 30.4 Å². The molecule has 0 bridgehead atoms. The van der Waals surface area contributed by atoms with E-state index in [4.69, 9.17) is 14.3 Å². The summed E-state index contributed by atoms with van der Waals surface area (Å²) in [7, 11) is 0. The van der Waals surface area contributed by atoms with Gasteiger partial charge in [-0.2, -0.15) is 0 Å². The first-order valence-corrected chi connectivity index (χ1v) is 10.2. The number of hydrogen-bond donors (Lipinski definition) is 3. The summed E-state index contributed by atoms with van der Waals surface area (Å²) < 4.78 is 10.7. The number of anilines is 1. The quantitative estimate of drug-likeness (QED) is 0.512. The zero-order valence-corrected chi connectivity index (χ0v) is 17.3. The zero-order valence-electron chi connectivity index (χ0n) is 17.3. The maximum absolute atomic E-state index is 12.4. The molecule has 1 heterocycles. The van der Waals surface area contributed by atoms with E-state index in [2.05, 4.69) is 22.8 Å². The Hall–Kier alpha value is -4.07. The standard InChI is InChI=1S/C24H22N2O6/c1-14(12-21(27)28)25-23(29)22-20(10-11-31-22)26-24(30)32-13-19-17-8-4-2-6-15(17)16-7-3-5-9-18(16)19/h2-11,14,19H,12-13H2,1H3,(H,25,29)(H,26,30)(H,27,28)/t14-/m1/s1. The molecule has 4 rings (SSSR count). The molecular formula is C24H22N2O6. The number of carbonyl (C=O) groups is 3. The Balaban J connectivity index is 1.40. The summed E-state index contributed by atoms with van der Waals surface area (Å²) in [5.41, 5.74) is 4.58. The second-order valence-corrected chi connectivity index (χ2v) is 7.59. The zero-order chi connectivity index (χ0) is 22.7. The van der Waals surface area contributed by atoms with E-state index in [0.717, 1.165) is 22.3 Å². The number of furan rings is 1. The summed E-state index contributed by atoms with van der Waals surface area (Å²) in [6.45, 7) is 1.70. The lowest BCUT2D eigenvalue weighted by atomic mass is 9.98. The molecule has 1 aromatic heterocycles. The van der Waals surface area contributed by atoms with Crippen molar-refractivity contribution in [1.29, 1.82) is 0 Å². The Morgan fingerprint density at radius 1 is 1.03 bits per heavy atom. The number of carbonyl (C=O) groups excluding carboxylic acids is 2. The average molecular weight is 434 g/mol. The number of fused-ring (bicyclic) bond motifs is 3. The van der Waals surface area contributed by atoms with Gasteiger partial charge in [-0.25, -0.2) is 4.79 Å². The van der Waals surface area contributed by atoms with Crippen LogP contribution in [0.15, 0.2) is 65.3 Å². The van der Waals surface area contributed by atoms with Crippen LogP contribution >= 0.6 is 0 Å². The van der Waals surface area contributed by atoms with Crippen LogP contribution in [0.2, 0.25) is 0 Å². The van der Waals surface area contributed by atoms with Crippen molar-refractivity contribution in [3.05, 3.63) is 77.7 Å². The topological polar surface area (TPSA) is 118 Å². The highest BCUT2D eigenvalue weighted by Crippen LogP contribution is 2.44. The summed E-state index contributed by atoms with van der Waals surface area (Å²) in [4.78, 5) is 35.6. The van der Waals surface area contributed by atoms with Crippen molar-refractivity contribution in [3.63, 3.8) is 0 Å². The number of benzene rings is 2. The molecule has 8 heteroatoms. The van der Waals surface area contributed by atoms with E-state index in [1.54, 1.807) is 6.92 Å². The molecule has 0 aliphatic heterocycles. The molecular weight excluding hydrogens is 412 g/mol. The van der Waals surface area contributed by atoms with E-state index >= 15 is 0 Å². The third-order valence-corrected chi connectivity index (χ3v) is 5.31. The van der Waals surface area contributed by atoms with Crippen LogP contribution in [0.5, 0.6) is 0 Å². The monoisotopic (exact) mass is 434 g/mol. The Labute approximate surface area is 184 Å². The van der Waals surface area contributed by atoms with Gasteiger partial charge in [-0.15, -0.1) is 0 Å². The van der Waals surface area contributed by atoms with Gasteiger partial charge in [-0.1, -0.05) is 48.5 Å². The number of carboxylic acid groups (broad SMARTS) is 1. The van der Waals surface area contributed by atoms with Gasteiger partial charge in [-0.05, 0) is 29.2 Å². The Bertz CT molecular complexity index is 1120. The molecule has 0 saturated heterocycles. The summed E-state index contributed by atoms with van der Waals surface area (Å²) in [6, 6.07) is 16.9. The average Bonchev–Trinajstić information content (AvgIpc) is 3.34. The van der Waals surface area contributed by atoms with Gasteiger partial charge in [0.05, 0.1) is 18.4 Å². The van der Waals surface area contributed by atoms with Crippen LogP contribution in [-0.2, 0) is 9.53 Å². The molecule has 2 aromatic carbocycles. The number of amides is 2. The number of hydrogen-bond acceptors (Lipinski definition) is 5. The fourth-order valence-electron chi connectivity index (χ4n) is 3.93. The van der Waals surface area contributed by atoms with Crippen LogP contribution < -0.4 is 10.6 Å². The highest BCUT2D eigenvalue weighted by atomic mass is 16.5.